The van der Waals surface area contributed by atoms with E-state index in [1.807, 2.05) is 12.3 Å². The number of halogens is 3. The Hall–Kier alpha value is -3.04. The molecule has 2 aromatic heterocycles. The number of likely N-dealkylation sites (N-methyl/N-ethyl adjacent to an activating group) is 1. The molecular formula is C23H27F3N4O3. The van der Waals surface area contributed by atoms with E-state index in [1.54, 1.807) is 0 Å². The zero-order valence-electron chi connectivity index (χ0n) is 18.4. The number of rotatable bonds is 2. The highest BCUT2D eigenvalue weighted by Crippen LogP contribution is 2.47. The minimum absolute atomic E-state index is 0.136. The number of likely N-dealkylation sites (tertiary alicyclic amines) is 1. The van der Waals surface area contributed by atoms with Crippen LogP contribution in [-0.4, -0.2) is 57.2 Å². The van der Waals surface area contributed by atoms with Crippen molar-refractivity contribution in [3.63, 3.8) is 0 Å². The van der Waals surface area contributed by atoms with Gasteiger partial charge in [0.25, 0.3) is 0 Å². The molecule has 3 aliphatic rings. The molecule has 2 aromatic rings. The third-order valence-electron chi connectivity index (χ3n) is 6.85. The molecule has 1 spiro atoms. The summed E-state index contributed by atoms with van der Waals surface area (Å²) >= 11 is 0. The van der Waals surface area contributed by atoms with Gasteiger partial charge in [-0.1, -0.05) is 12.8 Å². The van der Waals surface area contributed by atoms with Gasteiger partial charge in [-0.3, -0.25) is 4.79 Å². The first kappa shape index (κ1) is 23.1. The summed E-state index contributed by atoms with van der Waals surface area (Å²) in [5, 5.41) is 7.12. The first-order valence-corrected chi connectivity index (χ1v) is 11.2. The monoisotopic (exact) mass is 464 g/mol. The van der Waals surface area contributed by atoms with Crippen molar-refractivity contribution in [3.05, 3.63) is 42.4 Å². The minimum Gasteiger partial charge on any atom is -0.475 e. The normalized spacial score (nSPS) is 22.1. The van der Waals surface area contributed by atoms with Crippen LogP contribution in [-0.2, 0) is 15.1 Å². The van der Waals surface area contributed by atoms with E-state index in [9.17, 15) is 18.0 Å². The minimum atomic E-state index is -5.08. The lowest BCUT2D eigenvalue weighted by atomic mass is 9.89. The number of alkyl halides is 3. The van der Waals surface area contributed by atoms with Gasteiger partial charge in [0.15, 0.2) is 5.82 Å². The molecule has 1 atom stereocenters. The molecule has 2 aliphatic heterocycles. The van der Waals surface area contributed by atoms with Crippen molar-refractivity contribution in [2.45, 2.75) is 50.7 Å². The molecule has 10 heteroatoms. The van der Waals surface area contributed by atoms with E-state index in [0.29, 0.717) is 5.91 Å². The number of amides is 1. The van der Waals surface area contributed by atoms with Crippen LogP contribution in [0, 0.1) is 5.92 Å². The van der Waals surface area contributed by atoms with Crippen LogP contribution in [0.4, 0.5) is 18.9 Å². The quantitative estimate of drug-likeness (QED) is 0.728. The molecule has 1 saturated heterocycles. The lowest BCUT2D eigenvalue weighted by Gasteiger charge is -2.46. The first-order chi connectivity index (χ1) is 15.7. The molecule has 0 aromatic carbocycles. The fourth-order valence-electron chi connectivity index (χ4n) is 5.41. The summed E-state index contributed by atoms with van der Waals surface area (Å²) < 4.78 is 34.0. The van der Waals surface area contributed by atoms with Gasteiger partial charge in [-0.15, -0.1) is 0 Å². The van der Waals surface area contributed by atoms with Gasteiger partial charge in [-0.25, -0.2) is 9.78 Å². The van der Waals surface area contributed by atoms with Crippen LogP contribution in [0.2, 0.25) is 0 Å². The van der Waals surface area contributed by atoms with Crippen molar-refractivity contribution < 1.29 is 27.9 Å². The highest BCUT2D eigenvalue weighted by atomic mass is 19.4. The van der Waals surface area contributed by atoms with E-state index in [1.165, 1.54) is 24.2 Å². The van der Waals surface area contributed by atoms with Crippen LogP contribution in [0.5, 0.6) is 0 Å². The second-order valence-electron chi connectivity index (χ2n) is 8.68. The largest absolute Gasteiger partial charge is 0.490 e. The van der Waals surface area contributed by atoms with Gasteiger partial charge < -0.3 is 19.5 Å². The highest BCUT2D eigenvalue weighted by molar-refractivity contribution is 5.80. The van der Waals surface area contributed by atoms with Crippen molar-refractivity contribution in [1.82, 2.24) is 14.5 Å². The highest BCUT2D eigenvalue weighted by Gasteiger charge is 2.50. The summed E-state index contributed by atoms with van der Waals surface area (Å²) in [6.45, 7) is 4.76. The van der Waals surface area contributed by atoms with E-state index in [0.717, 1.165) is 44.7 Å². The molecule has 4 heterocycles. The average Bonchev–Trinajstić information content (AvgIpc) is 3.54. The van der Waals surface area contributed by atoms with Gasteiger partial charge in [0.05, 0.1) is 16.9 Å². The zero-order chi connectivity index (χ0) is 23.8. The number of nitrogens with zero attached hydrogens (tertiary/aromatic N) is 4. The molecule has 1 aliphatic carbocycles. The maximum atomic E-state index is 13.1. The van der Waals surface area contributed by atoms with Crippen molar-refractivity contribution in [1.29, 1.82) is 0 Å². The van der Waals surface area contributed by atoms with Crippen LogP contribution < -0.4 is 4.90 Å². The van der Waals surface area contributed by atoms with Gasteiger partial charge in [-0.05, 0) is 50.5 Å². The van der Waals surface area contributed by atoms with E-state index in [-0.39, 0.29) is 11.5 Å². The molecule has 7 nitrogen and oxygen atoms in total. The predicted octanol–water partition coefficient (Wildman–Crippen LogP) is 3.96. The van der Waals surface area contributed by atoms with Gasteiger partial charge in [0, 0.05) is 37.9 Å². The lowest BCUT2D eigenvalue weighted by Crippen LogP contribution is -2.53. The third-order valence-corrected chi connectivity index (χ3v) is 6.85. The predicted molar refractivity (Wildman–Crippen MR) is 115 cm³/mol. The Morgan fingerprint density at radius 3 is 2.55 bits per heavy atom. The Labute approximate surface area is 189 Å². The summed E-state index contributed by atoms with van der Waals surface area (Å²) in [7, 11) is 0. The summed E-state index contributed by atoms with van der Waals surface area (Å²) in [5.74, 6) is -1.12. The van der Waals surface area contributed by atoms with Crippen molar-refractivity contribution in [2.24, 2.45) is 5.92 Å². The Morgan fingerprint density at radius 1 is 1.21 bits per heavy atom. The van der Waals surface area contributed by atoms with Crippen molar-refractivity contribution >= 4 is 17.6 Å². The molecule has 1 saturated carbocycles. The zero-order valence-corrected chi connectivity index (χ0v) is 18.4. The molecular weight excluding hydrogens is 437 g/mol. The molecule has 0 radical (unpaired) electrons. The van der Waals surface area contributed by atoms with E-state index in [2.05, 4.69) is 50.7 Å². The molecule has 0 bridgehead atoms. The van der Waals surface area contributed by atoms with Gasteiger partial charge >= 0.3 is 12.1 Å². The average molecular weight is 464 g/mol. The topological polar surface area (TPSA) is 78.7 Å². The van der Waals surface area contributed by atoms with E-state index >= 15 is 0 Å². The third kappa shape index (κ3) is 4.06. The fourth-order valence-corrected chi connectivity index (χ4v) is 5.41. The number of carboxylic acids is 1. The second-order valence-corrected chi connectivity index (χ2v) is 8.68. The van der Waals surface area contributed by atoms with Crippen molar-refractivity contribution in [2.75, 3.05) is 24.5 Å². The first-order valence-electron chi connectivity index (χ1n) is 11.2. The summed E-state index contributed by atoms with van der Waals surface area (Å²) in [4.78, 5) is 31.2. The Morgan fingerprint density at radius 2 is 1.91 bits per heavy atom. The molecule has 33 heavy (non-hydrogen) atoms. The van der Waals surface area contributed by atoms with Gasteiger partial charge in [-0.2, -0.15) is 13.2 Å². The number of anilines is 1. The second kappa shape index (κ2) is 8.72. The van der Waals surface area contributed by atoms with Crippen LogP contribution in [0.3, 0.4) is 0 Å². The fraction of sp³-hybridized carbons (Fsp3) is 0.522. The van der Waals surface area contributed by atoms with Crippen LogP contribution in [0.1, 0.15) is 44.7 Å². The molecule has 178 valence electrons. The smallest absolute Gasteiger partial charge is 0.475 e. The van der Waals surface area contributed by atoms with Gasteiger partial charge in [0.2, 0.25) is 5.91 Å². The molecule has 2 fully saturated rings. The summed E-state index contributed by atoms with van der Waals surface area (Å²) in [6.07, 6.45) is 4.43. The molecule has 5 rings (SSSR count). The number of aliphatic carboxylic acids is 1. The number of hydrogen-bond acceptors (Lipinski definition) is 4. The summed E-state index contributed by atoms with van der Waals surface area (Å²) in [6, 6.07) is 8.50. The number of pyridine rings is 1. The number of carboxylic acid groups (broad SMARTS) is 1. The maximum Gasteiger partial charge on any atom is 0.490 e. The summed E-state index contributed by atoms with van der Waals surface area (Å²) in [5.41, 5.74) is 2.31. The van der Waals surface area contributed by atoms with Crippen LogP contribution in [0.15, 0.2) is 36.7 Å². The van der Waals surface area contributed by atoms with E-state index in [4.69, 9.17) is 9.90 Å². The molecule has 1 unspecified atom stereocenters. The van der Waals surface area contributed by atoms with Crippen LogP contribution >= 0.6 is 0 Å². The standard InChI is InChI=1S/C21H26N4O.C2HF3O2/c1-2-25-17-9-5-12-22-19(17)24-13-6-10-18(24)21(25)11-14-23(15-21)20(26)16-7-3-4-8-16;3-2(4,5)1(6)7/h5-6,9-10,12-13,16H,2-4,7-8,11,14-15H2,1H3;(H,6,7). The Balaban J connectivity index is 0.000000325. The Bertz CT molecular complexity index is 1030. The maximum absolute atomic E-state index is 13.1. The number of hydrogen-bond donors (Lipinski definition) is 1. The Kier molecular flexibility index (Phi) is 6.11. The number of carbonyl (C=O) groups is 2. The number of fused-ring (bicyclic) bond motifs is 4. The lowest BCUT2D eigenvalue weighted by molar-refractivity contribution is -0.192. The SMILES string of the molecule is CCN1c2cccnc2-n2cccc2C12CCN(C(=O)C1CCCC1)C2.O=C(O)C(F)(F)F. The molecule has 1 N–H and O–H groups in total. The number of carbonyl (C=O) groups excluding carboxylic acids is 1. The molecule has 1 amide bonds. The van der Waals surface area contributed by atoms with Crippen LogP contribution in [0.25, 0.3) is 5.82 Å². The van der Waals surface area contributed by atoms with Gasteiger partial charge in [0.1, 0.15) is 0 Å². The number of aromatic nitrogens is 2. The van der Waals surface area contributed by atoms with E-state index < -0.39 is 12.1 Å². The van der Waals surface area contributed by atoms with Crippen molar-refractivity contribution in [3.8, 4) is 5.82 Å².